The van der Waals surface area contributed by atoms with Gasteiger partial charge in [-0.05, 0) is 42.6 Å². The van der Waals surface area contributed by atoms with Gasteiger partial charge in [0, 0.05) is 29.4 Å². The first kappa shape index (κ1) is 35.9. The monoisotopic (exact) mass is 578 g/mol. The summed E-state index contributed by atoms with van der Waals surface area (Å²) in [5, 5.41) is 0.339. The van der Waals surface area contributed by atoms with Crippen LogP contribution in [-0.4, -0.2) is 33.8 Å². The fourth-order valence-electron chi connectivity index (χ4n) is 4.42. The van der Waals surface area contributed by atoms with Gasteiger partial charge < -0.3 is 13.9 Å². The summed E-state index contributed by atoms with van der Waals surface area (Å²) in [4.78, 5) is 12.2. The molecule has 0 aliphatic rings. The Balaban J connectivity index is 3.01. The van der Waals surface area contributed by atoms with Crippen molar-refractivity contribution in [1.29, 1.82) is 0 Å². The van der Waals surface area contributed by atoms with Crippen molar-refractivity contribution in [2.75, 3.05) is 19.0 Å². The van der Waals surface area contributed by atoms with Crippen LogP contribution in [0.4, 0.5) is 0 Å². The molecule has 0 spiro atoms. The molecule has 0 aromatic heterocycles. The van der Waals surface area contributed by atoms with Gasteiger partial charge in [0.2, 0.25) is 0 Å². The van der Waals surface area contributed by atoms with E-state index in [1.54, 1.807) is 0 Å². The lowest BCUT2D eigenvalue weighted by Crippen LogP contribution is -2.23. The topological polar surface area (TPSA) is 44.8 Å². The molecule has 0 aliphatic heterocycles. The van der Waals surface area contributed by atoms with Gasteiger partial charge in [-0.2, -0.15) is 0 Å². The minimum absolute atomic E-state index is 0.135. The molecule has 0 saturated carbocycles. The average molecular weight is 579 g/mol. The van der Waals surface area contributed by atoms with Crippen molar-refractivity contribution < 1.29 is 18.7 Å². The molecule has 0 fully saturated rings. The Morgan fingerprint density at radius 1 is 0.744 bits per heavy atom. The van der Waals surface area contributed by atoms with Crippen molar-refractivity contribution in [2.45, 2.75) is 150 Å². The number of benzene rings is 1. The van der Waals surface area contributed by atoms with E-state index >= 15 is 0 Å². The molecule has 1 aromatic rings. The molecule has 0 aliphatic carbocycles. The SMILES string of the molecule is CCCCCCCC(=O)SCCC[Si]Oc1cc(OCCCC)c(C(C)(C)C)c(OCCCC)c1C(C)(C)C. The van der Waals surface area contributed by atoms with Crippen LogP contribution in [0.1, 0.15) is 144 Å². The number of carbonyl (C=O) groups is 1. The second-order valence-electron chi connectivity index (χ2n) is 12.6. The molecule has 0 bridgehead atoms. The van der Waals surface area contributed by atoms with Crippen LogP contribution in [0.25, 0.3) is 0 Å². The lowest BCUT2D eigenvalue weighted by atomic mass is 9.78. The van der Waals surface area contributed by atoms with Gasteiger partial charge in [-0.25, -0.2) is 0 Å². The highest BCUT2D eigenvalue weighted by molar-refractivity contribution is 8.13. The third-order valence-electron chi connectivity index (χ3n) is 6.56. The summed E-state index contributed by atoms with van der Waals surface area (Å²) in [5.41, 5.74) is 1.98. The summed E-state index contributed by atoms with van der Waals surface area (Å²) >= 11 is 1.50. The van der Waals surface area contributed by atoms with E-state index in [0.717, 1.165) is 78.7 Å². The molecule has 0 saturated heterocycles. The first-order valence-electron chi connectivity index (χ1n) is 15.5. The second-order valence-corrected chi connectivity index (χ2v) is 14.7. The summed E-state index contributed by atoms with van der Waals surface area (Å²) in [6.07, 6.45) is 11.9. The number of hydrogen-bond donors (Lipinski definition) is 0. The summed E-state index contributed by atoms with van der Waals surface area (Å²) in [6.45, 7) is 21.4. The number of carbonyl (C=O) groups excluding carboxylic acids is 1. The zero-order valence-corrected chi connectivity index (χ0v) is 28.5. The van der Waals surface area contributed by atoms with E-state index in [1.807, 2.05) is 0 Å². The molecule has 2 radical (unpaired) electrons. The zero-order chi connectivity index (χ0) is 29.3. The van der Waals surface area contributed by atoms with E-state index in [2.05, 4.69) is 68.4 Å². The van der Waals surface area contributed by atoms with Crippen LogP contribution in [0.2, 0.25) is 6.04 Å². The van der Waals surface area contributed by atoms with Gasteiger partial charge in [-0.15, -0.1) is 0 Å². The summed E-state index contributed by atoms with van der Waals surface area (Å²) < 4.78 is 19.5. The maximum absolute atomic E-state index is 12.2. The van der Waals surface area contributed by atoms with Gasteiger partial charge in [0.1, 0.15) is 17.2 Å². The van der Waals surface area contributed by atoms with Crippen molar-refractivity contribution in [1.82, 2.24) is 0 Å². The first-order chi connectivity index (χ1) is 18.5. The molecule has 1 aromatic carbocycles. The molecule has 0 amide bonds. The normalized spacial score (nSPS) is 12.0. The highest BCUT2D eigenvalue weighted by atomic mass is 32.2. The van der Waals surface area contributed by atoms with Gasteiger partial charge in [-0.1, -0.05) is 113 Å². The van der Waals surface area contributed by atoms with E-state index in [-0.39, 0.29) is 10.8 Å². The summed E-state index contributed by atoms with van der Waals surface area (Å²) in [5.74, 6) is 3.58. The number of ether oxygens (including phenoxy) is 2. The molecule has 0 heterocycles. The van der Waals surface area contributed by atoms with Crippen LogP contribution in [0.5, 0.6) is 17.2 Å². The third kappa shape index (κ3) is 13.9. The Hall–Kier alpha value is -1.14. The van der Waals surface area contributed by atoms with Crippen LogP contribution >= 0.6 is 11.8 Å². The van der Waals surface area contributed by atoms with Crippen molar-refractivity contribution in [3.05, 3.63) is 17.2 Å². The van der Waals surface area contributed by atoms with Crippen LogP contribution in [0.15, 0.2) is 6.07 Å². The Morgan fingerprint density at radius 2 is 1.31 bits per heavy atom. The van der Waals surface area contributed by atoms with Gasteiger partial charge in [-0.3, -0.25) is 4.79 Å². The van der Waals surface area contributed by atoms with E-state index in [4.69, 9.17) is 13.9 Å². The molecular weight excluding hydrogens is 521 g/mol. The van der Waals surface area contributed by atoms with E-state index in [0.29, 0.717) is 34.5 Å². The Kier molecular flexibility index (Phi) is 17.5. The largest absolute Gasteiger partial charge is 0.540 e. The quantitative estimate of drug-likeness (QED) is 0.114. The fraction of sp³-hybridized carbons (Fsp3) is 0.788. The summed E-state index contributed by atoms with van der Waals surface area (Å²) in [7, 11) is 0.334. The molecule has 0 unspecified atom stereocenters. The molecule has 224 valence electrons. The average Bonchev–Trinajstić information content (AvgIpc) is 2.84. The van der Waals surface area contributed by atoms with Crippen LogP contribution in [0, 0.1) is 0 Å². The minimum atomic E-state index is -0.150. The van der Waals surface area contributed by atoms with E-state index in [1.165, 1.54) is 37.4 Å². The van der Waals surface area contributed by atoms with Crippen molar-refractivity contribution in [3.63, 3.8) is 0 Å². The Labute approximate surface area is 248 Å². The maximum atomic E-state index is 12.2. The second kappa shape index (κ2) is 19.1. The van der Waals surface area contributed by atoms with Crippen molar-refractivity contribution in [3.8, 4) is 17.2 Å². The lowest BCUT2D eigenvalue weighted by Gasteiger charge is -2.33. The predicted molar refractivity (Wildman–Crippen MR) is 171 cm³/mol. The number of rotatable bonds is 20. The zero-order valence-electron chi connectivity index (χ0n) is 26.7. The van der Waals surface area contributed by atoms with Gasteiger partial charge in [0.05, 0.1) is 13.2 Å². The predicted octanol–water partition coefficient (Wildman–Crippen LogP) is 10.1. The van der Waals surface area contributed by atoms with Gasteiger partial charge >= 0.3 is 9.76 Å². The number of hydrogen-bond acceptors (Lipinski definition) is 5. The third-order valence-corrected chi connectivity index (χ3v) is 8.50. The van der Waals surface area contributed by atoms with Gasteiger partial charge in [0.15, 0.2) is 5.12 Å². The molecule has 0 atom stereocenters. The standard InChI is InChI=1S/C33H58O4SSi/c1-10-13-16-17-18-20-28(34)38-23-19-24-39-37-27-25-26(35-21-14-11-2)29(32(4,5)6)31(36-22-15-12-3)30(27)33(7,8)9/h25H,10-24H2,1-9H3. The molecule has 0 N–H and O–H groups in total. The molecule has 39 heavy (non-hydrogen) atoms. The molecule has 6 heteroatoms. The van der Waals surface area contributed by atoms with E-state index in [9.17, 15) is 4.79 Å². The van der Waals surface area contributed by atoms with Crippen molar-refractivity contribution >= 4 is 26.6 Å². The fourth-order valence-corrected chi connectivity index (χ4v) is 6.22. The molecular formula is C33H58O4SSi. The lowest BCUT2D eigenvalue weighted by molar-refractivity contribution is -0.111. The smallest absolute Gasteiger partial charge is 0.310 e. The minimum Gasteiger partial charge on any atom is -0.540 e. The first-order valence-corrected chi connectivity index (χ1v) is 17.6. The Morgan fingerprint density at radius 3 is 1.90 bits per heavy atom. The Bertz CT molecular complexity index is 826. The van der Waals surface area contributed by atoms with Crippen molar-refractivity contribution in [2.24, 2.45) is 0 Å². The van der Waals surface area contributed by atoms with Crippen LogP contribution < -0.4 is 13.9 Å². The van der Waals surface area contributed by atoms with Gasteiger partial charge in [0.25, 0.3) is 0 Å². The highest BCUT2D eigenvalue weighted by Gasteiger charge is 2.34. The molecule has 4 nitrogen and oxygen atoms in total. The van der Waals surface area contributed by atoms with Crippen LogP contribution in [0.3, 0.4) is 0 Å². The highest BCUT2D eigenvalue weighted by Crippen LogP contribution is 2.49. The maximum Gasteiger partial charge on any atom is 0.310 e. The summed E-state index contributed by atoms with van der Waals surface area (Å²) in [6, 6.07) is 3.06. The molecule has 1 rings (SSSR count). The van der Waals surface area contributed by atoms with Crippen LogP contribution in [-0.2, 0) is 15.6 Å². The number of unbranched alkanes of at least 4 members (excludes halogenated alkanes) is 6. The number of thioether (sulfide) groups is 1. The van der Waals surface area contributed by atoms with E-state index < -0.39 is 0 Å².